The number of hydrogen-bond acceptors (Lipinski definition) is 4. The number of benzene rings is 1. The number of carbonyl (C=O) groups excluding carboxylic acids is 1. The molecule has 1 fully saturated rings. The third kappa shape index (κ3) is 5.46. The Hall–Kier alpha value is -2.08. The largest absolute Gasteiger partial charge is 0.478 e. The predicted molar refractivity (Wildman–Crippen MR) is 95.7 cm³/mol. The van der Waals surface area contributed by atoms with Crippen molar-refractivity contribution < 1.29 is 19.4 Å². The number of carboxylic acids is 1. The first-order valence-electron chi connectivity index (χ1n) is 8.74. The summed E-state index contributed by atoms with van der Waals surface area (Å²) in [5, 5.41) is 9.13. The van der Waals surface area contributed by atoms with E-state index in [0.29, 0.717) is 25.2 Å². The highest BCUT2D eigenvalue weighted by Gasteiger charge is 2.31. The zero-order valence-electron chi connectivity index (χ0n) is 15.5. The van der Waals surface area contributed by atoms with E-state index in [-0.39, 0.29) is 12.1 Å². The summed E-state index contributed by atoms with van der Waals surface area (Å²) >= 11 is 0. The molecule has 1 N–H and O–H groups in total. The van der Waals surface area contributed by atoms with Gasteiger partial charge < -0.3 is 14.7 Å². The van der Waals surface area contributed by atoms with Gasteiger partial charge in [-0.15, -0.1) is 0 Å². The van der Waals surface area contributed by atoms with E-state index in [1.54, 1.807) is 23.1 Å². The Morgan fingerprint density at radius 1 is 1.28 bits per heavy atom. The fourth-order valence-corrected chi connectivity index (χ4v) is 3.02. The van der Waals surface area contributed by atoms with Crippen molar-refractivity contribution in [3.63, 3.8) is 0 Å². The van der Waals surface area contributed by atoms with Crippen molar-refractivity contribution >= 4 is 12.1 Å². The van der Waals surface area contributed by atoms with E-state index >= 15 is 0 Å². The third-order valence-electron chi connectivity index (χ3n) is 4.29. The molecular weight excluding hydrogens is 320 g/mol. The van der Waals surface area contributed by atoms with Crippen LogP contribution in [0.1, 0.15) is 50.0 Å². The molecule has 0 spiro atoms. The summed E-state index contributed by atoms with van der Waals surface area (Å²) in [6, 6.07) is 7.27. The molecule has 1 aromatic carbocycles. The molecule has 1 aliphatic rings. The van der Waals surface area contributed by atoms with Gasteiger partial charge in [0.15, 0.2) is 0 Å². The summed E-state index contributed by atoms with van der Waals surface area (Å²) < 4.78 is 5.47. The minimum absolute atomic E-state index is 0.231. The van der Waals surface area contributed by atoms with Crippen LogP contribution in [-0.2, 0) is 11.3 Å². The number of carboxylic acid groups (broad SMARTS) is 1. The van der Waals surface area contributed by atoms with Gasteiger partial charge in [-0.05, 0) is 44.9 Å². The number of carbonyl (C=O) groups is 2. The van der Waals surface area contributed by atoms with Crippen LogP contribution >= 0.6 is 0 Å². The van der Waals surface area contributed by atoms with Crippen molar-refractivity contribution in [2.45, 2.75) is 52.3 Å². The Morgan fingerprint density at radius 2 is 2.00 bits per heavy atom. The van der Waals surface area contributed by atoms with Crippen LogP contribution in [-0.4, -0.2) is 58.2 Å². The molecule has 1 amide bonds. The lowest BCUT2D eigenvalue weighted by Crippen LogP contribution is -2.54. The molecule has 0 saturated carbocycles. The van der Waals surface area contributed by atoms with E-state index < -0.39 is 11.6 Å². The van der Waals surface area contributed by atoms with Crippen molar-refractivity contribution in [2.24, 2.45) is 0 Å². The van der Waals surface area contributed by atoms with Crippen molar-refractivity contribution in [1.29, 1.82) is 0 Å². The van der Waals surface area contributed by atoms with Crippen LogP contribution in [0.4, 0.5) is 4.79 Å². The quantitative estimate of drug-likeness (QED) is 0.905. The number of rotatable bonds is 4. The number of amides is 1. The summed E-state index contributed by atoms with van der Waals surface area (Å²) in [4.78, 5) is 27.5. The highest BCUT2D eigenvalue weighted by atomic mass is 16.6. The van der Waals surface area contributed by atoms with Crippen molar-refractivity contribution in [2.75, 3.05) is 19.6 Å². The second-order valence-corrected chi connectivity index (χ2v) is 7.46. The van der Waals surface area contributed by atoms with Crippen molar-refractivity contribution in [3.8, 4) is 0 Å². The van der Waals surface area contributed by atoms with Gasteiger partial charge in [0, 0.05) is 32.2 Å². The third-order valence-corrected chi connectivity index (χ3v) is 4.29. The molecule has 25 heavy (non-hydrogen) atoms. The molecule has 6 nitrogen and oxygen atoms in total. The summed E-state index contributed by atoms with van der Waals surface area (Å²) in [5.74, 6) is -0.913. The first kappa shape index (κ1) is 19.2. The minimum atomic E-state index is -0.913. The van der Waals surface area contributed by atoms with Crippen LogP contribution < -0.4 is 0 Å². The summed E-state index contributed by atoms with van der Waals surface area (Å²) in [5.41, 5.74) is 0.787. The molecular formula is C19H28N2O4. The summed E-state index contributed by atoms with van der Waals surface area (Å²) in [7, 11) is 0. The molecule has 1 saturated heterocycles. The van der Waals surface area contributed by atoms with Gasteiger partial charge in [0.05, 0.1) is 5.56 Å². The van der Waals surface area contributed by atoms with Crippen LogP contribution in [0.15, 0.2) is 24.3 Å². The maximum Gasteiger partial charge on any atom is 0.410 e. The molecule has 1 aromatic rings. The Labute approximate surface area is 149 Å². The van der Waals surface area contributed by atoms with Gasteiger partial charge in [0.1, 0.15) is 5.60 Å². The number of piperazine rings is 1. The molecule has 0 unspecified atom stereocenters. The maximum atomic E-state index is 12.3. The van der Waals surface area contributed by atoms with Gasteiger partial charge in [0.2, 0.25) is 0 Å². The Balaban J connectivity index is 2.01. The second-order valence-electron chi connectivity index (χ2n) is 7.46. The van der Waals surface area contributed by atoms with Crippen LogP contribution in [0.25, 0.3) is 0 Å². The Morgan fingerprint density at radius 3 is 2.60 bits per heavy atom. The minimum Gasteiger partial charge on any atom is -0.478 e. The van der Waals surface area contributed by atoms with Gasteiger partial charge in [-0.3, -0.25) is 4.90 Å². The molecule has 0 bridgehead atoms. The van der Waals surface area contributed by atoms with Gasteiger partial charge in [-0.2, -0.15) is 0 Å². The molecule has 138 valence electrons. The average molecular weight is 348 g/mol. The lowest BCUT2D eigenvalue weighted by atomic mass is 10.1. The Bertz CT molecular complexity index is 624. The van der Waals surface area contributed by atoms with E-state index in [9.17, 15) is 9.59 Å². The predicted octanol–water partition coefficient (Wildman–Crippen LogP) is 3.22. The normalized spacial score (nSPS) is 18.9. The summed E-state index contributed by atoms with van der Waals surface area (Å²) in [6.07, 6.45) is 0.649. The maximum absolute atomic E-state index is 12.3. The summed E-state index contributed by atoms with van der Waals surface area (Å²) in [6.45, 7) is 10.4. The van der Waals surface area contributed by atoms with Gasteiger partial charge in [0.25, 0.3) is 0 Å². The van der Waals surface area contributed by atoms with Crippen molar-refractivity contribution in [1.82, 2.24) is 9.80 Å². The van der Waals surface area contributed by atoms with E-state index in [0.717, 1.165) is 18.5 Å². The van der Waals surface area contributed by atoms with Crippen LogP contribution in [0.2, 0.25) is 0 Å². The van der Waals surface area contributed by atoms with E-state index in [1.165, 1.54) is 0 Å². The first-order chi connectivity index (χ1) is 11.7. The van der Waals surface area contributed by atoms with Gasteiger partial charge in [-0.25, -0.2) is 9.59 Å². The molecule has 0 aromatic heterocycles. The number of hydrogen-bond donors (Lipinski definition) is 1. The topological polar surface area (TPSA) is 70.1 Å². The molecule has 0 radical (unpaired) electrons. The SMILES string of the molecule is CC[C@H]1CN(C(=O)OC(C)(C)C)CCN1Cc1cccc(C(=O)O)c1. The molecule has 1 atom stereocenters. The molecule has 1 heterocycles. The van der Waals surface area contributed by atoms with E-state index in [2.05, 4.69) is 11.8 Å². The Kier molecular flexibility index (Phi) is 6.06. The molecule has 1 aliphatic heterocycles. The monoisotopic (exact) mass is 348 g/mol. The van der Waals surface area contributed by atoms with Gasteiger partial charge in [-0.1, -0.05) is 19.1 Å². The lowest BCUT2D eigenvalue weighted by molar-refractivity contribution is 0.00190. The van der Waals surface area contributed by atoms with Crippen LogP contribution in [0, 0.1) is 0 Å². The molecule has 6 heteroatoms. The van der Waals surface area contributed by atoms with Gasteiger partial charge >= 0.3 is 12.1 Å². The molecule has 0 aliphatic carbocycles. The highest BCUT2D eigenvalue weighted by molar-refractivity contribution is 5.87. The molecule has 2 rings (SSSR count). The van der Waals surface area contributed by atoms with Crippen LogP contribution in [0.5, 0.6) is 0 Å². The fraction of sp³-hybridized carbons (Fsp3) is 0.579. The van der Waals surface area contributed by atoms with E-state index in [4.69, 9.17) is 9.84 Å². The first-order valence-corrected chi connectivity index (χ1v) is 8.74. The lowest BCUT2D eigenvalue weighted by Gasteiger charge is -2.41. The highest BCUT2D eigenvalue weighted by Crippen LogP contribution is 2.19. The smallest absolute Gasteiger partial charge is 0.410 e. The second kappa shape index (κ2) is 7.87. The number of ether oxygens (including phenoxy) is 1. The standard InChI is InChI=1S/C19H28N2O4/c1-5-16-13-21(18(24)25-19(2,3)4)10-9-20(16)12-14-7-6-8-15(11-14)17(22)23/h6-8,11,16H,5,9-10,12-13H2,1-4H3,(H,22,23)/t16-/m0/s1. The number of nitrogens with zero attached hydrogens (tertiary/aromatic N) is 2. The fourth-order valence-electron chi connectivity index (χ4n) is 3.02. The zero-order valence-corrected chi connectivity index (χ0v) is 15.5. The van der Waals surface area contributed by atoms with Crippen LogP contribution in [0.3, 0.4) is 0 Å². The van der Waals surface area contributed by atoms with Crippen molar-refractivity contribution in [3.05, 3.63) is 35.4 Å². The van der Waals surface area contributed by atoms with E-state index in [1.807, 2.05) is 26.8 Å². The average Bonchev–Trinajstić information content (AvgIpc) is 2.53. The number of aromatic carboxylic acids is 1. The zero-order chi connectivity index (χ0) is 18.6.